The highest BCUT2D eigenvalue weighted by Crippen LogP contribution is 2.50. The maximum Gasteiger partial charge on any atom is 0.137 e. The number of pyridine rings is 1. The van der Waals surface area contributed by atoms with Crippen molar-refractivity contribution in [2.45, 2.75) is 52.4 Å². The molecular weight excluding hydrogens is 673 g/mol. The Bertz CT molecular complexity index is 2700. The first-order chi connectivity index (χ1) is 26.5. The molecule has 3 heterocycles. The van der Waals surface area contributed by atoms with E-state index in [1.807, 2.05) is 12.3 Å². The van der Waals surface area contributed by atoms with Crippen molar-refractivity contribution >= 4 is 44.6 Å². The van der Waals surface area contributed by atoms with Crippen molar-refractivity contribution < 1.29 is 4.74 Å². The fourth-order valence-electron chi connectivity index (χ4n) is 8.04. The molecule has 0 N–H and O–H groups in total. The molecule has 5 heteroatoms. The van der Waals surface area contributed by atoms with Crippen LogP contribution >= 0.6 is 0 Å². The molecule has 272 valence electrons. The van der Waals surface area contributed by atoms with Gasteiger partial charge in [0.1, 0.15) is 24.0 Å². The van der Waals surface area contributed by atoms with E-state index in [1.165, 1.54) is 50.1 Å². The number of fused-ring (bicyclic) bond motifs is 4. The van der Waals surface area contributed by atoms with Crippen molar-refractivity contribution in [1.29, 1.82) is 0 Å². The van der Waals surface area contributed by atoms with Crippen LogP contribution in [-0.4, -0.2) is 16.2 Å². The van der Waals surface area contributed by atoms with Gasteiger partial charge in [0, 0.05) is 40.4 Å². The number of aromatic nitrogens is 2. The van der Waals surface area contributed by atoms with E-state index in [9.17, 15) is 0 Å². The zero-order valence-corrected chi connectivity index (χ0v) is 32.4. The van der Waals surface area contributed by atoms with Crippen LogP contribution in [0.4, 0.5) is 22.7 Å². The molecular formula is C50H46N4O. The Morgan fingerprint density at radius 3 is 2.02 bits per heavy atom. The number of hydrogen-bond acceptors (Lipinski definition) is 4. The summed E-state index contributed by atoms with van der Waals surface area (Å²) < 4.78 is 8.98. The largest absolute Gasteiger partial charge is 0.457 e. The average molecular weight is 719 g/mol. The standard InChI is InChI=1S/C50H46N4O/c1-49(2,3)35-28-29-51-47(30-35)54-43-23-11-10-20-40(43)41-27-26-38(32-46(41)54)55-37-19-14-18-36(31-37)52-33-53(45-25-13-12-24-44(45)52)48-39(34-16-8-7-9-17-34)21-15-22-42(48)50(4,5)6/h7-32H,33H2,1-6H3. The predicted octanol–water partition coefficient (Wildman–Crippen LogP) is 13.5. The normalized spacial score (nSPS) is 13.1. The van der Waals surface area contributed by atoms with Crippen molar-refractivity contribution in [1.82, 2.24) is 9.55 Å². The van der Waals surface area contributed by atoms with Gasteiger partial charge in [0.2, 0.25) is 0 Å². The van der Waals surface area contributed by atoms with Gasteiger partial charge in [-0.3, -0.25) is 4.57 Å². The molecule has 0 saturated carbocycles. The highest BCUT2D eigenvalue weighted by atomic mass is 16.5. The number of para-hydroxylation sites is 4. The van der Waals surface area contributed by atoms with Crippen LogP contribution in [0.15, 0.2) is 158 Å². The molecule has 9 rings (SSSR count). The molecule has 0 atom stereocenters. The number of rotatable bonds is 6. The second-order valence-corrected chi connectivity index (χ2v) is 16.6. The molecule has 1 aliphatic rings. The SMILES string of the molecule is CC(C)(C)c1ccnc(-n2c3ccccc3c3ccc(Oc4cccc(N5CN(c6c(-c7ccccc7)cccc6C(C)(C)C)c6ccccc65)c4)cc32)c1. The molecule has 1 aliphatic heterocycles. The second kappa shape index (κ2) is 13.2. The maximum absolute atomic E-state index is 6.72. The van der Waals surface area contributed by atoms with Crippen LogP contribution in [0.1, 0.15) is 52.7 Å². The van der Waals surface area contributed by atoms with Gasteiger partial charge in [-0.2, -0.15) is 0 Å². The van der Waals surface area contributed by atoms with Crippen molar-refractivity contribution in [2.24, 2.45) is 0 Å². The van der Waals surface area contributed by atoms with E-state index >= 15 is 0 Å². The molecule has 5 nitrogen and oxygen atoms in total. The van der Waals surface area contributed by atoms with Crippen molar-refractivity contribution in [3.05, 3.63) is 169 Å². The summed E-state index contributed by atoms with van der Waals surface area (Å²) in [6.07, 6.45) is 1.92. The van der Waals surface area contributed by atoms with Gasteiger partial charge in [0.05, 0.1) is 28.1 Å². The summed E-state index contributed by atoms with van der Waals surface area (Å²) in [5.41, 5.74) is 11.8. The highest BCUT2D eigenvalue weighted by molar-refractivity contribution is 6.09. The van der Waals surface area contributed by atoms with Crippen LogP contribution in [0.25, 0.3) is 38.8 Å². The topological polar surface area (TPSA) is 33.5 Å². The first kappa shape index (κ1) is 34.4. The molecule has 0 spiro atoms. The van der Waals surface area contributed by atoms with Gasteiger partial charge in [-0.25, -0.2) is 4.98 Å². The molecule has 0 bridgehead atoms. The molecule has 0 aliphatic carbocycles. The summed E-state index contributed by atoms with van der Waals surface area (Å²) in [7, 11) is 0. The second-order valence-electron chi connectivity index (χ2n) is 16.6. The summed E-state index contributed by atoms with van der Waals surface area (Å²) in [4.78, 5) is 9.75. The zero-order valence-electron chi connectivity index (χ0n) is 32.4. The van der Waals surface area contributed by atoms with Crippen LogP contribution in [0.3, 0.4) is 0 Å². The number of ether oxygens (including phenoxy) is 1. The van der Waals surface area contributed by atoms with Crippen molar-refractivity contribution in [2.75, 3.05) is 16.5 Å². The first-order valence-corrected chi connectivity index (χ1v) is 19.2. The van der Waals surface area contributed by atoms with E-state index in [1.54, 1.807) is 0 Å². The number of anilines is 4. The van der Waals surface area contributed by atoms with E-state index < -0.39 is 0 Å². The van der Waals surface area contributed by atoms with E-state index in [0.29, 0.717) is 6.67 Å². The van der Waals surface area contributed by atoms with Crippen molar-refractivity contribution in [3.8, 4) is 28.4 Å². The minimum Gasteiger partial charge on any atom is -0.457 e. The van der Waals surface area contributed by atoms with Crippen LogP contribution in [-0.2, 0) is 10.8 Å². The van der Waals surface area contributed by atoms with Crippen LogP contribution in [0.5, 0.6) is 11.5 Å². The number of nitrogens with zero attached hydrogens (tertiary/aromatic N) is 4. The lowest BCUT2D eigenvalue weighted by molar-refractivity contribution is 0.483. The monoisotopic (exact) mass is 718 g/mol. The smallest absolute Gasteiger partial charge is 0.137 e. The Hall–Kier alpha value is -6.33. The summed E-state index contributed by atoms with van der Waals surface area (Å²) >= 11 is 0. The lowest BCUT2D eigenvalue weighted by atomic mass is 9.83. The lowest BCUT2D eigenvalue weighted by Gasteiger charge is -2.31. The summed E-state index contributed by atoms with van der Waals surface area (Å²) in [6.45, 7) is 14.3. The molecule has 0 saturated heterocycles. The molecule has 2 aromatic heterocycles. The van der Waals surface area contributed by atoms with Gasteiger partial charge < -0.3 is 14.5 Å². The van der Waals surface area contributed by atoms with E-state index in [4.69, 9.17) is 9.72 Å². The Morgan fingerprint density at radius 2 is 1.24 bits per heavy atom. The first-order valence-electron chi connectivity index (χ1n) is 19.2. The highest BCUT2D eigenvalue weighted by Gasteiger charge is 2.33. The summed E-state index contributed by atoms with van der Waals surface area (Å²) in [5, 5.41) is 2.36. The Balaban J connectivity index is 1.10. The third-order valence-electron chi connectivity index (χ3n) is 10.8. The van der Waals surface area contributed by atoms with Gasteiger partial charge in [-0.15, -0.1) is 0 Å². The molecule has 0 fully saturated rings. The summed E-state index contributed by atoms with van der Waals surface area (Å²) in [5.74, 6) is 2.46. The third-order valence-corrected chi connectivity index (χ3v) is 10.8. The van der Waals surface area contributed by atoms with E-state index in [0.717, 1.165) is 34.0 Å². The fourth-order valence-corrected chi connectivity index (χ4v) is 8.04. The van der Waals surface area contributed by atoms with Crippen LogP contribution in [0.2, 0.25) is 0 Å². The molecule has 0 unspecified atom stereocenters. The van der Waals surface area contributed by atoms with Gasteiger partial charge >= 0.3 is 0 Å². The molecule has 55 heavy (non-hydrogen) atoms. The van der Waals surface area contributed by atoms with Gasteiger partial charge in [-0.1, -0.05) is 126 Å². The van der Waals surface area contributed by atoms with Crippen LogP contribution in [0, 0.1) is 0 Å². The quantitative estimate of drug-likeness (QED) is 0.171. The third kappa shape index (κ3) is 6.20. The summed E-state index contributed by atoms with van der Waals surface area (Å²) in [6, 6.07) is 54.0. The zero-order chi connectivity index (χ0) is 37.9. The van der Waals surface area contributed by atoms with Gasteiger partial charge in [-0.05, 0) is 82.1 Å². The molecule has 8 aromatic rings. The number of benzene rings is 6. The predicted molar refractivity (Wildman–Crippen MR) is 230 cm³/mol. The lowest BCUT2D eigenvalue weighted by Crippen LogP contribution is -2.27. The van der Waals surface area contributed by atoms with Crippen LogP contribution < -0.4 is 14.5 Å². The van der Waals surface area contributed by atoms with E-state index in [2.05, 4.69) is 202 Å². The Labute approximate surface area is 324 Å². The average Bonchev–Trinajstić information content (AvgIpc) is 3.73. The number of hydrogen-bond donors (Lipinski definition) is 0. The molecule has 0 radical (unpaired) electrons. The van der Waals surface area contributed by atoms with E-state index in [-0.39, 0.29) is 10.8 Å². The maximum atomic E-state index is 6.72. The fraction of sp³-hybridized carbons (Fsp3) is 0.180. The van der Waals surface area contributed by atoms with Gasteiger partial charge in [0.25, 0.3) is 0 Å². The minimum absolute atomic E-state index is 0.00276. The minimum atomic E-state index is -0.0610. The Morgan fingerprint density at radius 1 is 0.545 bits per heavy atom. The molecule has 6 aromatic carbocycles. The molecule has 0 amide bonds. The van der Waals surface area contributed by atoms with Gasteiger partial charge in [0.15, 0.2) is 0 Å². The Kier molecular flexibility index (Phi) is 8.27. The van der Waals surface area contributed by atoms with Crippen molar-refractivity contribution in [3.63, 3.8) is 0 Å².